The fourth-order valence-electron chi connectivity index (χ4n) is 2.06. The summed E-state index contributed by atoms with van der Waals surface area (Å²) in [4.78, 5) is 23.9. The quantitative estimate of drug-likeness (QED) is 0.598. The molecule has 0 radical (unpaired) electrons. The SMILES string of the molecule is Cc1ccc(C(=O)NNC(=O)COc2cc(Cl)c(Cl)cc2Cl)c(C)c1. The number of hydrogen-bond donors (Lipinski definition) is 2. The summed E-state index contributed by atoms with van der Waals surface area (Å²) in [7, 11) is 0. The zero-order valence-electron chi connectivity index (χ0n) is 13.5. The standard InChI is InChI=1S/C17H15Cl3N2O3/c1-9-3-4-11(10(2)5-9)17(24)22-21-16(23)8-25-15-7-13(19)12(18)6-14(15)20/h3-7H,8H2,1-2H3,(H,21,23)(H,22,24). The first-order valence-electron chi connectivity index (χ1n) is 7.21. The van der Waals surface area contributed by atoms with Crippen molar-refractivity contribution in [3.63, 3.8) is 0 Å². The van der Waals surface area contributed by atoms with E-state index in [0.29, 0.717) is 5.56 Å². The van der Waals surface area contributed by atoms with Crippen molar-refractivity contribution < 1.29 is 14.3 Å². The van der Waals surface area contributed by atoms with Crippen LogP contribution in [0.2, 0.25) is 15.1 Å². The molecule has 0 unspecified atom stereocenters. The third-order valence-electron chi connectivity index (χ3n) is 3.28. The summed E-state index contributed by atoms with van der Waals surface area (Å²) in [6.45, 7) is 3.39. The number of carbonyl (C=O) groups excluding carboxylic acids is 2. The minimum atomic E-state index is -0.555. The lowest BCUT2D eigenvalue weighted by atomic mass is 10.1. The molecule has 132 valence electrons. The van der Waals surface area contributed by atoms with Crippen LogP contribution in [0, 0.1) is 13.8 Å². The van der Waals surface area contributed by atoms with E-state index in [1.165, 1.54) is 12.1 Å². The highest BCUT2D eigenvalue weighted by Crippen LogP contribution is 2.33. The van der Waals surface area contributed by atoms with Crippen molar-refractivity contribution >= 4 is 46.6 Å². The molecule has 0 aliphatic heterocycles. The number of halogens is 3. The van der Waals surface area contributed by atoms with Gasteiger partial charge in [-0.2, -0.15) is 0 Å². The Labute approximate surface area is 160 Å². The highest BCUT2D eigenvalue weighted by Gasteiger charge is 2.12. The summed E-state index contributed by atoms with van der Waals surface area (Å²) in [5.74, 6) is -0.759. The molecule has 0 atom stereocenters. The van der Waals surface area contributed by atoms with E-state index in [4.69, 9.17) is 39.5 Å². The maximum Gasteiger partial charge on any atom is 0.276 e. The highest BCUT2D eigenvalue weighted by molar-refractivity contribution is 6.43. The lowest BCUT2D eigenvalue weighted by molar-refractivity contribution is -0.123. The van der Waals surface area contributed by atoms with E-state index in [2.05, 4.69) is 10.9 Å². The molecule has 0 saturated carbocycles. The summed E-state index contributed by atoms with van der Waals surface area (Å²) in [6, 6.07) is 8.22. The summed E-state index contributed by atoms with van der Waals surface area (Å²) >= 11 is 17.6. The van der Waals surface area contributed by atoms with Gasteiger partial charge in [0, 0.05) is 11.6 Å². The molecule has 25 heavy (non-hydrogen) atoms. The maximum absolute atomic E-state index is 12.1. The first kappa shape index (κ1) is 19.4. The molecule has 0 aliphatic rings. The van der Waals surface area contributed by atoms with Crippen molar-refractivity contribution in [1.29, 1.82) is 0 Å². The molecule has 0 bridgehead atoms. The minimum absolute atomic E-state index is 0.215. The van der Waals surface area contributed by atoms with Gasteiger partial charge in [-0.05, 0) is 31.5 Å². The van der Waals surface area contributed by atoms with E-state index < -0.39 is 11.8 Å². The summed E-state index contributed by atoms with van der Waals surface area (Å²) in [5.41, 5.74) is 6.93. The monoisotopic (exact) mass is 400 g/mol. The molecule has 0 spiro atoms. The number of amides is 2. The van der Waals surface area contributed by atoms with Crippen molar-refractivity contribution in [3.8, 4) is 5.75 Å². The van der Waals surface area contributed by atoms with Crippen LogP contribution in [0.15, 0.2) is 30.3 Å². The Morgan fingerprint density at radius 1 is 0.960 bits per heavy atom. The van der Waals surface area contributed by atoms with Gasteiger partial charge in [0.2, 0.25) is 0 Å². The number of benzene rings is 2. The van der Waals surface area contributed by atoms with Gasteiger partial charge in [-0.1, -0.05) is 52.5 Å². The Kier molecular flexibility index (Phi) is 6.53. The smallest absolute Gasteiger partial charge is 0.276 e. The van der Waals surface area contributed by atoms with Gasteiger partial charge < -0.3 is 4.74 Å². The Bertz CT molecular complexity index is 825. The van der Waals surface area contributed by atoms with Crippen LogP contribution in [0.5, 0.6) is 5.75 Å². The van der Waals surface area contributed by atoms with E-state index in [1.807, 2.05) is 26.0 Å². The summed E-state index contributed by atoms with van der Waals surface area (Å²) in [6.07, 6.45) is 0. The van der Waals surface area contributed by atoms with Gasteiger partial charge in [0.15, 0.2) is 6.61 Å². The van der Waals surface area contributed by atoms with Crippen LogP contribution >= 0.6 is 34.8 Å². The van der Waals surface area contributed by atoms with Crippen molar-refractivity contribution in [2.75, 3.05) is 6.61 Å². The molecule has 0 saturated heterocycles. The maximum atomic E-state index is 12.1. The molecule has 2 aromatic carbocycles. The largest absolute Gasteiger partial charge is 0.482 e. The normalized spacial score (nSPS) is 10.3. The van der Waals surface area contributed by atoms with Gasteiger partial charge in [-0.15, -0.1) is 0 Å². The lowest BCUT2D eigenvalue weighted by Crippen LogP contribution is -2.44. The second-order valence-corrected chi connectivity index (χ2v) is 6.53. The van der Waals surface area contributed by atoms with Crippen molar-refractivity contribution in [1.82, 2.24) is 10.9 Å². The summed E-state index contributed by atoms with van der Waals surface area (Å²) < 4.78 is 5.27. The second kappa shape index (κ2) is 8.43. The van der Waals surface area contributed by atoms with Gasteiger partial charge >= 0.3 is 0 Å². The number of rotatable bonds is 4. The number of aryl methyl sites for hydroxylation is 2. The number of hydrazine groups is 1. The van der Waals surface area contributed by atoms with Crippen molar-refractivity contribution in [2.45, 2.75) is 13.8 Å². The van der Waals surface area contributed by atoms with E-state index in [1.54, 1.807) is 6.07 Å². The van der Waals surface area contributed by atoms with Crippen LogP contribution < -0.4 is 15.6 Å². The van der Waals surface area contributed by atoms with Crippen molar-refractivity contribution in [2.24, 2.45) is 0 Å². The van der Waals surface area contributed by atoms with Crippen LogP contribution in [-0.2, 0) is 4.79 Å². The molecule has 0 fully saturated rings. The van der Waals surface area contributed by atoms with Gasteiger partial charge in [-0.25, -0.2) is 0 Å². The molecule has 2 N–H and O–H groups in total. The van der Waals surface area contributed by atoms with E-state index in [9.17, 15) is 9.59 Å². The fraction of sp³-hybridized carbons (Fsp3) is 0.176. The second-order valence-electron chi connectivity index (χ2n) is 5.31. The first-order chi connectivity index (χ1) is 11.8. The molecule has 2 amide bonds. The third-order valence-corrected chi connectivity index (χ3v) is 4.29. The molecule has 5 nitrogen and oxygen atoms in total. The molecule has 8 heteroatoms. The number of ether oxygens (including phenoxy) is 1. The molecule has 2 aromatic rings. The Morgan fingerprint density at radius 3 is 2.32 bits per heavy atom. The van der Waals surface area contributed by atoms with Gasteiger partial charge in [0.25, 0.3) is 11.8 Å². The topological polar surface area (TPSA) is 67.4 Å². The molecule has 0 heterocycles. The van der Waals surface area contributed by atoms with Crippen LogP contribution in [0.3, 0.4) is 0 Å². The predicted molar refractivity (Wildman–Crippen MR) is 98.5 cm³/mol. The number of nitrogens with one attached hydrogen (secondary N) is 2. The van der Waals surface area contributed by atoms with Crippen LogP contribution in [-0.4, -0.2) is 18.4 Å². The minimum Gasteiger partial charge on any atom is -0.482 e. The van der Waals surface area contributed by atoms with E-state index in [-0.39, 0.29) is 27.4 Å². The average Bonchev–Trinajstić information content (AvgIpc) is 2.54. The Hall–Kier alpha value is -1.95. The predicted octanol–water partition coefficient (Wildman–Crippen LogP) is 4.10. The third kappa shape index (κ3) is 5.26. The van der Waals surface area contributed by atoms with Crippen LogP contribution in [0.1, 0.15) is 21.5 Å². The molecular weight excluding hydrogens is 387 g/mol. The van der Waals surface area contributed by atoms with Gasteiger partial charge in [-0.3, -0.25) is 20.4 Å². The first-order valence-corrected chi connectivity index (χ1v) is 8.35. The Balaban J connectivity index is 1.88. The zero-order chi connectivity index (χ0) is 18.6. The van der Waals surface area contributed by atoms with Crippen LogP contribution in [0.4, 0.5) is 0 Å². The fourth-order valence-corrected chi connectivity index (χ4v) is 2.65. The highest BCUT2D eigenvalue weighted by atomic mass is 35.5. The van der Waals surface area contributed by atoms with Gasteiger partial charge in [0.05, 0.1) is 15.1 Å². The number of carbonyl (C=O) groups is 2. The molecule has 2 rings (SSSR count). The lowest BCUT2D eigenvalue weighted by Gasteiger charge is -2.11. The molecule has 0 aliphatic carbocycles. The van der Waals surface area contributed by atoms with Crippen molar-refractivity contribution in [3.05, 3.63) is 62.1 Å². The van der Waals surface area contributed by atoms with E-state index >= 15 is 0 Å². The zero-order valence-corrected chi connectivity index (χ0v) is 15.7. The van der Waals surface area contributed by atoms with E-state index in [0.717, 1.165) is 11.1 Å². The summed E-state index contributed by atoms with van der Waals surface area (Å²) in [5, 5.41) is 0.760. The average molecular weight is 402 g/mol. The Morgan fingerprint density at radius 2 is 1.64 bits per heavy atom. The number of hydrogen-bond acceptors (Lipinski definition) is 3. The van der Waals surface area contributed by atoms with Crippen LogP contribution in [0.25, 0.3) is 0 Å². The van der Waals surface area contributed by atoms with Gasteiger partial charge in [0.1, 0.15) is 5.75 Å². The molecular formula is C17H15Cl3N2O3. The molecule has 0 aromatic heterocycles.